The molecule has 0 bridgehead atoms. The number of rotatable bonds is 7. The van der Waals surface area contributed by atoms with Gasteiger partial charge in [0, 0.05) is 39.4 Å². The molecule has 1 aromatic carbocycles. The van der Waals surface area contributed by atoms with Gasteiger partial charge in [-0.2, -0.15) is 0 Å². The third-order valence-corrected chi connectivity index (χ3v) is 2.79. The van der Waals surface area contributed by atoms with Gasteiger partial charge in [0.05, 0.1) is 25.6 Å². The fraction of sp³-hybridized carbons (Fsp3) is 0.538. The van der Waals surface area contributed by atoms with Crippen molar-refractivity contribution in [3.63, 3.8) is 0 Å². The molecule has 0 amide bonds. The van der Waals surface area contributed by atoms with Gasteiger partial charge in [0.2, 0.25) is 0 Å². The van der Waals surface area contributed by atoms with Crippen LogP contribution in [-0.4, -0.2) is 41.5 Å². The average Bonchev–Trinajstić information content (AvgIpc) is 2.38. The van der Waals surface area contributed by atoms with Gasteiger partial charge < -0.3 is 24.8 Å². The number of nitrogens with zero attached hydrogens (tertiary/aromatic N) is 1. The van der Waals surface area contributed by atoms with Gasteiger partial charge in [0.15, 0.2) is 11.5 Å². The normalized spacial score (nSPS) is 10.2. The summed E-state index contributed by atoms with van der Waals surface area (Å²) in [7, 11) is 6.90. The molecule has 0 saturated carbocycles. The van der Waals surface area contributed by atoms with E-state index in [9.17, 15) is 0 Å². The zero-order chi connectivity index (χ0) is 13.5. The fourth-order valence-corrected chi connectivity index (χ4v) is 1.78. The van der Waals surface area contributed by atoms with Gasteiger partial charge in [-0.25, -0.2) is 0 Å². The van der Waals surface area contributed by atoms with Crippen molar-refractivity contribution in [3.8, 4) is 11.5 Å². The lowest BCUT2D eigenvalue weighted by molar-refractivity contribution is 0.196. The summed E-state index contributed by atoms with van der Waals surface area (Å²) in [5.41, 5.74) is 7.62. The predicted octanol–water partition coefficient (Wildman–Crippen LogP) is 1.76. The molecule has 0 aromatic heterocycles. The molecule has 2 N–H and O–H groups in total. The van der Waals surface area contributed by atoms with Crippen molar-refractivity contribution in [1.82, 2.24) is 0 Å². The summed E-state index contributed by atoms with van der Waals surface area (Å²) >= 11 is 0. The molecule has 5 nitrogen and oxygen atoms in total. The number of benzene rings is 1. The molecule has 0 atom stereocenters. The van der Waals surface area contributed by atoms with Crippen LogP contribution in [0.5, 0.6) is 11.5 Å². The predicted molar refractivity (Wildman–Crippen MR) is 73.7 cm³/mol. The Kier molecular flexibility index (Phi) is 5.58. The number of ether oxygens (including phenoxy) is 3. The van der Waals surface area contributed by atoms with Gasteiger partial charge in [0.25, 0.3) is 0 Å². The van der Waals surface area contributed by atoms with Crippen molar-refractivity contribution in [1.29, 1.82) is 0 Å². The Hall–Kier alpha value is -1.62. The number of nitrogens with two attached hydrogens (primary N) is 1. The number of nitrogen functional groups attached to an aromatic ring is 1. The van der Waals surface area contributed by atoms with Gasteiger partial charge in [-0.3, -0.25) is 0 Å². The molecule has 0 fully saturated rings. The van der Waals surface area contributed by atoms with Crippen LogP contribution < -0.4 is 20.1 Å². The van der Waals surface area contributed by atoms with Crippen LogP contribution in [0.1, 0.15) is 6.42 Å². The summed E-state index contributed by atoms with van der Waals surface area (Å²) in [5.74, 6) is 1.32. The Morgan fingerprint density at radius 3 is 2.28 bits per heavy atom. The second-order valence-corrected chi connectivity index (χ2v) is 4.03. The summed E-state index contributed by atoms with van der Waals surface area (Å²) in [6.07, 6.45) is 0.945. The number of anilines is 2. The van der Waals surface area contributed by atoms with E-state index >= 15 is 0 Å². The number of hydrogen-bond donors (Lipinski definition) is 1. The fourth-order valence-electron chi connectivity index (χ4n) is 1.78. The van der Waals surface area contributed by atoms with Crippen LogP contribution in [0.3, 0.4) is 0 Å². The monoisotopic (exact) mass is 254 g/mol. The second kappa shape index (κ2) is 6.96. The molecule has 18 heavy (non-hydrogen) atoms. The molecule has 102 valence electrons. The lowest BCUT2D eigenvalue weighted by atomic mass is 10.2. The standard InChI is InChI=1S/C13H22N2O3/c1-15(6-5-7-16-2)11-9-13(18-4)12(17-3)8-10(11)14/h8-9H,5-7,14H2,1-4H3. The van der Waals surface area contributed by atoms with Crippen LogP contribution in [0.25, 0.3) is 0 Å². The first kappa shape index (κ1) is 14.4. The third kappa shape index (κ3) is 3.43. The first-order valence-electron chi connectivity index (χ1n) is 5.85. The zero-order valence-electron chi connectivity index (χ0n) is 11.5. The lowest BCUT2D eigenvalue weighted by Gasteiger charge is -2.22. The topological polar surface area (TPSA) is 57.0 Å². The van der Waals surface area contributed by atoms with Gasteiger partial charge in [-0.15, -0.1) is 0 Å². The van der Waals surface area contributed by atoms with Crippen molar-refractivity contribution in [2.45, 2.75) is 6.42 Å². The van der Waals surface area contributed by atoms with E-state index < -0.39 is 0 Å². The molecule has 0 saturated heterocycles. The summed E-state index contributed by atoms with van der Waals surface area (Å²) in [6.45, 7) is 1.60. The highest BCUT2D eigenvalue weighted by atomic mass is 16.5. The Balaban J connectivity index is 2.87. The van der Waals surface area contributed by atoms with Gasteiger partial charge >= 0.3 is 0 Å². The first-order valence-corrected chi connectivity index (χ1v) is 5.85. The van der Waals surface area contributed by atoms with E-state index in [0.29, 0.717) is 17.2 Å². The maximum atomic E-state index is 6.02. The van der Waals surface area contributed by atoms with E-state index in [1.54, 1.807) is 27.4 Å². The molecule has 5 heteroatoms. The van der Waals surface area contributed by atoms with E-state index in [1.807, 2.05) is 13.1 Å². The van der Waals surface area contributed by atoms with Gasteiger partial charge in [-0.1, -0.05) is 0 Å². The SMILES string of the molecule is COCCCN(C)c1cc(OC)c(OC)cc1N. The Morgan fingerprint density at radius 2 is 1.72 bits per heavy atom. The van der Waals surface area contributed by atoms with Crippen molar-refractivity contribution < 1.29 is 14.2 Å². The average molecular weight is 254 g/mol. The highest BCUT2D eigenvalue weighted by Gasteiger charge is 2.12. The number of methoxy groups -OCH3 is 3. The van der Waals surface area contributed by atoms with Crippen LogP contribution >= 0.6 is 0 Å². The minimum absolute atomic E-state index is 0.643. The molecule has 0 spiro atoms. The Labute approximate surface area is 108 Å². The van der Waals surface area contributed by atoms with Crippen molar-refractivity contribution in [3.05, 3.63) is 12.1 Å². The van der Waals surface area contributed by atoms with E-state index in [1.165, 1.54) is 0 Å². The smallest absolute Gasteiger partial charge is 0.162 e. The van der Waals surface area contributed by atoms with E-state index in [4.69, 9.17) is 19.9 Å². The molecule has 0 aliphatic heterocycles. The lowest BCUT2D eigenvalue weighted by Crippen LogP contribution is -2.21. The van der Waals surface area contributed by atoms with Crippen LogP contribution in [0.15, 0.2) is 12.1 Å². The minimum Gasteiger partial charge on any atom is -0.493 e. The molecule has 0 aliphatic rings. The highest BCUT2D eigenvalue weighted by Crippen LogP contribution is 2.36. The second-order valence-electron chi connectivity index (χ2n) is 4.03. The molecule has 1 rings (SSSR count). The molecule has 0 unspecified atom stereocenters. The largest absolute Gasteiger partial charge is 0.493 e. The van der Waals surface area contributed by atoms with Crippen LogP contribution in [-0.2, 0) is 4.74 Å². The van der Waals surface area contributed by atoms with Crippen LogP contribution in [0.4, 0.5) is 11.4 Å². The molecule has 0 heterocycles. The van der Waals surface area contributed by atoms with Crippen LogP contribution in [0, 0.1) is 0 Å². The van der Waals surface area contributed by atoms with Crippen molar-refractivity contribution >= 4 is 11.4 Å². The molecule has 1 aromatic rings. The Bertz CT molecular complexity index is 383. The van der Waals surface area contributed by atoms with Gasteiger partial charge in [-0.05, 0) is 6.42 Å². The van der Waals surface area contributed by atoms with Crippen molar-refractivity contribution in [2.75, 3.05) is 52.2 Å². The van der Waals surface area contributed by atoms with E-state index in [0.717, 1.165) is 25.3 Å². The summed E-state index contributed by atoms with van der Waals surface area (Å²) < 4.78 is 15.5. The highest BCUT2D eigenvalue weighted by molar-refractivity contribution is 5.72. The molecule has 0 radical (unpaired) electrons. The Morgan fingerprint density at radius 1 is 1.11 bits per heavy atom. The third-order valence-electron chi connectivity index (χ3n) is 2.79. The summed E-state index contributed by atoms with van der Waals surface area (Å²) in [4.78, 5) is 2.08. The van der Waals surface area contributed by atoms with Crippen LogP contribution in [0.2, 0.25) is 0 Å². The summed E-state index contributed by atoms with van der Waals surface area (Å²) in [6, 6.07) is 3.67. The summed E-state index contributed by atoms with van der Waals surface area (Å²) in [5, 5.41) is 0. The van der Waals surface area contributed by atoms with Gasteiger partial charge in [0.1, 0.15) is 0 Å². The minimum atomic E-state index is 0.643. The number of hydrogen-bond acceptors (Lipinski definition) is 5. The quantitative estimate of drug-likeness (QED) is 0.593. The van der Waals surface area contributed by atoms with E-state index in [-0.39, 0.29) is 0 Å². The zero-order valence-corrected chi connectivity index (χ0v) is 11.5. The first-order chi connectivity index (χ1) is 8.63. The maximum Gasteiger partial charge on any atom is 0.162 e. The maximum absolute atomic E-state index is 6.02. The van der Waals surface area contributed by atoms with Crippen molar-refractivity contribution in [2.24, 2.45) is 0 Å². The molecular weight excluding hydrogens is 232 g/mol. The molecular formula is C13H22N2O3. The van der Waals surface area contributed by atoms with E-state index in [2.05, 4.69) is 4.90 Å². The molecule has 0 aliphatic carbocycles.